The van der Waals surface area contributed by atoms with Crippen LogP contribution in [0.2, 0.25) is 0 Å². The van der Waals surface area contributed by atoms with Crippen LogP contribution in [0.3, 0.4) is 0 Å². The topological polar surface area (TPSA) is 43.4 Å². The summed E-state index contributed by atoms with van der Waals surface area (Å²) < 4.78 is 5.69. The van der Waals surface area contributed by atoms with E-state index in [0.717, 1.165) is 49.7 Å². The highest BCUT2D eigenvalue weighted by Gasteiger charge is 2.13. The van der Waals surface area contributed by atoms with Crippen molar-refractivity contribution in [1.82, 2.24) is 15.2 Å². The number of nitrogens with zero attached hydrogens (tertiary/aromatic N) is 3. The van der Waals surface area contributed by atoms with E-state index in [2.05, 4.69) is 15.2 Å². The van der Waals surface area contributed by atoms with Crippen molar-refractivity contribution < 1.29 is 4.42 Å². The molecule has 1 aliphatic heterocycles. The third kappa shape index (κ3) is 1.94. The highest BCUT2D eigenvalue weighted by molar-refractivity contribution is 5.72. The molecule has 3 rings (SSSR count). The SMILES string of the molecule is c1ccc2oc(CN3CC[N]CC3)nc2c1. The maximum atomic E-state index is 5.69. The first-order valence-corrected chi connectivity index (χ1v) is 5.62. The Morgan fingerprint density at radius 2 is 2.00 bits per heavy atom. The average Bonchev–Trinajstić information content (AvgIpc) is 2.72. The predicted octanol–water partition coefficient (Wildman–Crippen LogP) is 1.25. The molecule has 0 saturated carbocycles. The van der Waals surface area contributed by atoms with Crippen molar-refractivity contribution in [3.8, 4) is 0 Å². The summed E-state index contributed by atoms with van der Waals surface area (Å²) >= 11 is 0. The second kappa shape index (κ2) is 4.23. The lowest BCUT2D eigenvalue weighted by atomic mass is 10.3. The number of aromatic nitrogens is 1. The number of oxazole rings is 1. The zero-order valence-corrected chi connectivity index (χ0v) is 9.09. The van der Waals surface area contributed by atoms with Crippen molar-refractivity contribution in [2.75, 3.05) is 26.2 Å². The van der Waals surface area contributed by atoms with E-state index in [-0.39, 0.29) is 0 Å². The molecule has 0 unspecified atom stereocenters. The summed E-state index contributed by atoms with van der Waals surface area (Å²) in [7, 11) is 0. The van der Waals surface area contributed by atoms with Crippen LogP contribution in [-0.2, 0) is 6.54 Å². The Balaban J connectivity index is 1.78. The fraction of sp³-hybridized carbons (Fsp3) is 0.417. The zero-order chi connectivity index (χ0) is 10.8. The van der Waals surface area contributed by atoms with Gasteiger partial charge in [-0.05, 0) is 12.1 Å². The molecule has 0 spiro atoms. The van der Waals surface area contributed by atoms with E-state index in [0.29, 0.717) is 0 Å². The van der Waals surface area contributed by atoms with Crippen LogP contribution in [-0.4, -0.2) is 36.1 Å². The van der Waals surface area contributed by atoms with Gasteiger partial charge >= 0.3 is 0 Å². The number of benzene rings is 1. The fourth-order valence-electron chi connectivity index (χ4n) is 1.98. The molecule has 1 aromatic heterocycles. The van der Waals surface area contributed by atoms with Gasteiger partial charge in [0.15, 0.2) is 5.58 Å². The first-order valence-electron chi connectivity index (χ1n) is 5.62. The first-order chi connectivity index (χ1) is 7.92. The van der Waals surface area contributed by atoms with Gasteiger partial charge in [-0.2, -0.15) is 0 Å². The van der Waals surface area contributed by atoms with Gasteiger partial charge in [-0.1, -0.05) is 12.1 Å². The summed E-state index contributed by atoms with van der Waals surface area (Å²) in [5, 5.41) is 4.32. The van der Waals surface area contributed by atoms with Crippen molar-refractivity contribution in [2.24, 2.45) is 0 Å². The minimum Gasteiger partial charge on any atom is -0.439 e. The van der Waals surface area contributed by atoms with E-state index < -0.39 is 0 Å². The second-order valence-corrected chi connectivity index (χ2v) is 4.02. The fourth-order valence-corrected chi connectivity index (χ4v) is 1.98. The Kier molecular flexibility index (Phi) is 2.60. The molecule has 1 fully saturated rings. The molecule has 1 aliphatic rings. The van der Waals surface area contributed by atoms with Crippen LogP contribution in [0.4, 0.5) is 0 Å². The average molecular weight is 216 g/mol. The van der Waals surface area contributed by atoms with Crippen molar-refractivity contribution in [3.63, 3.8) is 0 Å². The monoisotopic (exact) mass is 216 g/mol. The van der Waals surface area contributed by atoms with Gasteiger partial charge in [-0.25, -0.2) is 10.3 Å². The number of para-hydroxylation sites is 2. The normalized spacial score (nSPS) is 18.0. The van der Waals surface area contributed by atoms with Crippen molar-refractivity contribution in [1.29, 1.82) is 0 Å². The van der Waals surface area contributed by atoms with Crippen LogP contribution in [0.15, 0.2) is 28.7 Å². The van der Waals surface area contributed by atoms with Gasteiger partial charge < -0.3 is 4.42 Å². The van der Waals surface area contributed by atoms with Gasteiger partial charge in [-0.15, -0.1) is 0 Å². The Labute approximate surface area is 94.3 Å². The Morgan fingerprint density at radius 1 is 1.19 bits per heavy atom. The summed E-state index contributed by atoms with van der Waals surface area (Å²) in [6.07, 6.45) is 0. The Hall–Kier alpha value is -1.39. The summed E-state index contributed by atoms with van der Waals surface area (Å²) in [5.41, 5.74) is 1.82. The minimum absolute atomic E-state index is 0.796. The Morgan fingerprint density at radius 3 is 2.81 bits per heavy atom. The van der Waals surface area contributed by atoms with Gasteiger partial charge in [0, 0.05) is 26.2 Å². The summed E-state index contributed by atoms with van der Waals surface area (Å²) in [5.74, 6) is 0.808. The molecule has 4 heteroatoms. The summed E-state index contributed by atoms with van der Waals surface area (Å²) in [4.78, 5) is 6.80. The van der Waals surface area contributed by atoms with Crippen molar-refractivity contribution >= 4 is 11.1 Å². The molecule has 2 aromatic rings. The quantitative estimate of drug-likeness (QED) is 0.758. The molecule has 0 N–H and O–H groups in total. The predicted molar refractivity (Wildman–Crippen MR) is 61.2 cm³/mol. The maximum Gasteiger partial charge on any atom is 0.209 e. The molecule has 0 atom stereocenters. The molecule has 0 bridgehead atoms. The molecule has 83 valence electrons. The minimum atomic E-state index is 0.796. The van der Waals surface area contributed by atoms with E-state index in [9.17, 15) is 0 Å². The molecule has 1 radical (unpaired) electrons. The standard InChI is InChI=1S/C12H14N3O/c1-2-4-11-10(3-1)14-12(16-11)9-15-7-5-13-6-8-15/h1-4H,5-9H2. The van der Waals surface area contributed by atoms with Gasteiger partial charge in [-0.3, -0.25) is 4.90 Å². The van der Waals surface area contributed by atoms with E-state index in [4.69, 9.17) is 4.42 Å². The van der Waals surface area contributed by atoms with E-state index in [1.807, 2.05) is 24.3 Å². The molecule has 1 saturated heterocycles. The number of rotatable bonds is 2. The van der Waals surface area contributed by atoms with Crippen LogP contribution >= 0.6 is 0 Å². The first kappa shape index (κ1) is 9.81. The van der Waals surface area contributed by atoms with Gasteiger partial charge in [0.05, 0.1) is 6.54 Å². The highest BCUT2D eigenvalue weighted by atomic mass is 16.3. The highest BCUT2D eigenvalue weighted by Crippen LogP contribution is 2.15. The lowest BCUT2D eigenvalue weighted by Crippen LogP contribution is -2.39. The third-order valence-electron chi connectivity index (χ3n) is 2.85. The summed E-state index contributed by atoms with van der Waals surface area (Å²) in [6, 6.07) is 7.89. The Bertz CT molecular complexity index is 441. The number of hydrogen-bond acceptors (Lipinski definition) is 3. The van der Waals surface area contributed by atoms with E-state index in [1.54, 1.807) is 0 Å². The van der Waals surface area contributed by atoms with E-state index in [1.165, 1.54) is 0 Å². The van der Waals surface area contributed by atoms with Gasteiger partial charge in [0.25, 0.3) is 0 Å². The number of fused-ring (bicyclic) bond motifs is 1. The van der Waals surface area contributed by atoms with Crippen LogP contribution in [0.5, 0.6) is 0 Å². The number of hydrogen-bond donors (Lipinski definition) is 0. The molecule has 16 heavy (non-hydrogen) atoms. The van der Waals surface area contributed by atoms with Crippen LogP contribution < -0.4 is 5.32 Å². The molecule has 0 aliphatic carbocycles. The van der Waals surface area contributed by atoms with Crippen LogP contribution in [0.1, 0.15) is 5.89 Å². The van der Waals surface area contributed by atoms with Crippen LogP contribution in [0, 0.1) is 0 Å². The number of piperazine rings is 1. The molecular formula is C12H14N3O. The molecular weight excluding hydrogens is 202 g/mol. The third-order valence-corrected chi connectivity index (χ3v) is 2.85. The maximum absolute atomic E-state index is 5.69. The molecule has 0 amide bonds. The molecule has 4 nitrogen and oxygen atoms in total. The van der Waals surface area contributed by atoms with E-state index >= 15 is 0 Å². The molecule has 1 aromatic carbocycles. The van der Waals surface area contributed by atoms with Gasteiger partial charge in [0.2, 0.25) is 5.89 Å². The van der Waals surface area contributed by atoms with Crippen molar-refractivity contribution in [2.45, 2.75) is 6.54 Å². The smallest absolute Gasteiger partial charge is 0.209 e. The lowest BCUT2D eigenvalue weighted by molar-refractivity contribution is 0.212. The second-order valence-electron chi connectivity index (χ2n) is 4.02. The van der Waals surface area contributed by atoms with Crippen molar-refractivity contribution in [3.05, 3.63) is 30.2 Å². The van der Waals surface area contributed by atoms with Crippen LogP contribution in [0.25, 0.3) is 11.1 Å². The summed E-state index contributed by atoms with van der Waals surface area (Å²) in [6.45, 7) is 4.68. The molecule has 2 heterocycles. The lowest BCUT2D eigenvalue weighted by Gasteiger charge is -2.24. The van der Waals surface area contributed by atoms with Gasteiger partial charge in [0.1, 0.15) is 5.52 Å². The largest absolute Gasteiger partial charge is 0.439 e. The zero-order valence-electron chi connectivity index (χ0n) is 9.09.